The Bertz CT molecular complexity index is 572. The average Bonchev–Trinajstić information content (AvgIpc) is 2.45. The highest BCUT2D eigenvalue weighted by Gasteiger charge is 2.07. The van der Waals surface area contributed by atoms with Crippen molar-refractivity contribution in [3.05, 3.63) is 65.2 Å². The van der Waals surface area contributed by atoms with Crippen LogP contribution in [0.4, 0.5) is 8.78 Å². The number of hydrogen-bond acceptors (Lipinski definition) is 2. The van der Waals surface area contributed by atoms with E-state index in [1.165, 1.54) is 12.1 Å². The third kappa shape index (κ3) is 3.78. The van der Waals surface area contributed by atoms with Gasteiger partial charge in [-0.15, -0.1) is 0 Å². The van der Waals surface area contributed by atoms with E-state index in [-0.39, 0.29) is 12.4 Å². The van der Waals surface area contributed by atoms with Crippen molar-refractivity contribution in [1.29, 1.82) is 0 Å². The van der Waals surface area contributed by atoms with E-state index in [1.807, 2.05) is 31.2 Å². The zero-order valence-corrected chi connectivity index (χ0v) is 11.3. The molecule has 20 heavy (non-hydrogen) atoms. The van der Waals surface area contributed by atoms with Gasteiger partial charge in [0.25, 0.3) is 0 Å². The van der Waals surface area contributed by atoms with Gasteiger partial charge in [0, 0.05) is 12.6 Å². The van der Waals surface area contributed by atoms with Crippen LogP contribution in [0.5, 0.6) is 5.75 Å². The SMILES string of the molecule is CCNCc1ccccc1COc1ccc(F)cc1F. The van der Waals surface area contributed by atoms with Crippen LogP contribution in [0.25, 0.3) is 0 Å². The van der Waals surface area contributed by atoms with Crippen LogP contribution in [0.15, 0.2) is 42.5 Å². The first-order chi connectivity index (χ1) is 9.70. The van der Waals surface area contributed by atoms with Gasteiger partial charge in [0.2, 0.25) is 0 Å². The van der Waals surface area contributed by atoms with Crippen LogP contribution in [0, 0.1) is 11.6 Å². The van der Waals surface area contributed by atoms with Crippen molar-refractivity contribution in [3.63, 3.8) is 0 Å². The predicted octanol–water partition coefficient (Wildman–Crippen LogP) is 3.65. The van der Waals surface area contributed by atoms with Crippen LogP contribution < -0.4 is 10.1 Å². The Morgan fingerprint density at radius 3 is 2.50 bits per heavy atom. The first kappa shape index (κ1) is 14.5. The van der Waals surface area contributed by atoms with E-state index in [1.54, 1.807) is 0 Å². The largest absolute Gasteiger partial charge is 0.486 e. The highest BCUT2D eigenvalue weighted by molar-refractivity contribution is 5.29. The standard InChI is InChI=1S/C16H17F2NO/c1-2-19-10-12-5-3-4-6-13(12)11-20-16-8-7-14(17)9-15(16)18/h3-9,19H,2,10-11H2,1H3. The molecule has 4 heteroatoms. The van der Waals surface area contributed by atoms with Crippen LogP contribution in [0.2, 0.25) is 0 Å². The second-order valence-corrected chi connectivity index (χ2v) is 4.41. The van der Waals surface area contributed by atoms with Crippen LogP contribution in [0.1, 0.15) is 18.1 Å². The Morgan fingerprint density at radius 2 is 1.80 bits per heavy atom. The van der Waals surface area contributed by atoms with Crippen molar-refractivity contribution >= 4 is 0 Å². The van der Waals surface area contributed by atoms with Crippen molar-refractivity contribution in [2.75, 3.05) is 6.54 Å². The predicted molar refractivity (Wildman–Crippen MR) is 74.5 cm³/mol. The molecule has 0 bridgehead atoms. The lowest BCUT2D eigenvalue weighted by molar-refractivity contribution is 0.288. The maximum Gasteiger partial charge on any atom is 0.167 e. The Labute approximate surface area is 117 Å². The van der Waals surface area contributed by atoms with Crippen molar-refractivity contribution < 1.29 is 13.5 Å². The van der Waals surface area contributed by atoms with E-state index in [9.17, 15) is 8.78 Å². The molecule has 106 valence electrons. The van der Waals surface area contributed by atoms with Crippen LogP contribution in [-0.2, 0) is 13.2 Å². The quantitative estimate of drug-likeness (QED) is 0.870. The maximum absolute atomic E-state index is 13.5. The van der Waals surface area contributed by atoms with E-state index in [0.29, 0.717) is 0 Å². The fourth-order valence-electron chi connectivity index (χ4n) is 1.88. The molecule has 0 aliphatic heterocycles. The number of hydrogen-bond donors (Lipinski definition) is 1. The molecule has 0 amide bonds. The molecule has 0 saturated heterocycles. The molecule has 2 aromatic rings. The minimum atomic E-state index is -0.686. The van der Waals surface area contributed by atoms with Crippen molar-refractivity contribution in [2.24, 2.45) is 0 Å². The van der Waals surface area contributed by atoms with Gasteiger partial charge < -0.3 is 10.1 Å². The Kier molecular flexibility index (Phi) is 5.07. The Morgan fingerprint density at radius 1 is 1.05 bits per heavy atom. The third-order valence-electron chi connectivity index (χ3n) is 2.96. The summed E-state index contributed by atoms with van der Waals surface area (Å²) in [7, 11) is 0. The van der Waals surface area contributed by atoms with Gasteiger partial charge in [0.15, 0.2) is 11.6 Å². The Hall–Kier alpha value is -1.94. The normalized spacial score (nSPS) is 10.6. The van der Waals surface area contributed by atoms with Gasteiger partial charge >= 0.3 is 0 Å². The minimum absolute atomic E-state index is 0.0599. The lowest BCUT2D eigenvalue weighted by Gasteiger charge is -2.12. The van der Waals surface area contributed by atoms with Crippen LogP contribution in [0.3, 0.4) is 0 Å². The summed E-state index contributed by atoms with van der Waals surface area (Å²) >= 11 is 0. The first-order valence-corrected chi connectivity index (χ1v) is 6.56. The van der Waals surface area contributed by atoms with Gasteiger partial charge in [0.1, 0.15) is 12.4 Å². The van der Waals surface area contributed by atoms with Crippen molar-refractivity contribution in [2.45, 2.75) is 20.1 Å². The summed E-state index contributed by atoms with van der Waals surface area (Å²) in [5, 5.41) is 3.24. The monoisotopic (exact) mass is 277 g/mol. The second-order valence-electron chi connectivity index (χ2n) is 4.41. The van der Waals surface area contributed by atoms with Crippen LogP contribution in [-0.4, -0.2) is 6.54 Å². The van der Waals surface area contributed by atoms with Gasteiger partial charge in [-0.3, -0.25) is 0 Å². The molecule has 1 N–H and O–H groups in total. The summed E-state index contributed by atoms with van der Waals surface area (Å²) in [5.74, 6) is -1.23. The van der Waals surface area contributed by atoms with Gasteiger partial charge in [-0.05, 0) is 29.8 Å². The van der Waals surface area contributed by atoms with Gasteiger partial charge in [-0.2, -0.15) is 0 Å². The summed E-state index contributed by atoms with van der Waals surface area (Å²) in [6, 6.07) is 11.1. The number of ether oxygens (including phenoxy) is 1. The van der Waals surface area contributed by atoms with Gasteiger partial charge in [-0.1, -0.05) is 31.2 Å². The summed E-state index contributed by atoms with van der Waals surface area (Å²) in [5.41, 5.74) is 2.09. The van der Waals surface area contributed by atoms with Gasteiger partial charge in [-0.25, -0.2) is 8.78 Å². The number of halogens is 2. The van der Waals surface area contributed by atoms with Crippen molar-refractivity contribution in [1.82, 2.24) is 5.32 Å². The van der Waals surface area contributed by atoms with E-state index in [0.717, 1.165) is 30.3 Å². The summed E-state index contributed by atoms with van der Waals surface area (Å²) in [4.78, 5) is 0. The Balaban J connectivity index is 2.06. The fraction of sp³-hybridized carbons (Fsp3) is 0.250. The number of benzene rings is 2. The van der Waals surface area contributed by atoms with Crippen LogP contribution >= 0.6 is 0 Å². The highest BCUT2D eigenvalue weighted by Crippen LogP contribution is 2.20. The summed E-state index contributed by atoms with van der Waals surface area (Å²) in [6.45, 7) is 3.90. The molecule has 0 atom stereocenters. The smallest absolute Gasteiger partial charge is 0.167 e. The highest BCUT2D eigenvalue weighted by atomic mass is 19.1. The van der Waals surface area contributed by atoms with E-state index in [2.05, 4.69) is 5.32 Å². The van der Waals surface area contributed by atoms with Crippen molar-refractivity contribution in [3.8, 4) is 5.75 Å². The molecule has 0 fully saturated rings. The molecular formula is C16H17F2NO. The molecule has 0 unspecified atom stereocenters. The zero-order chi connectivity index (χ0) is 14.4. The molecule has 0 aliphatic carbocycles. The van der Waals surface area contributed by atoms with Gasteiger partial charge in [0.05, 0.1) is 0 Å². The molecule has 2 rings (SSSR count). The molecular weight excluding hydrogens is 260 g/mol. The minimum Gasteiger partial charge on any atom is -0.486 e. The third-order valence-corrected chi connectivity index (χ3v) is 2.96. The van der Waals surface area contributed by atoms with E-state index < -0.39 is 11.6 Å². The zero-order valence-electron chi connectivity index (χ0n) is 11.3. The number of nitrogens with one attached hydrogen (secondary N) is 1. The lowest BCUT2D eigenvalue weighted by Crippen LogP contribution is -2.14. The molecule has 0 aromatic heterocycles. The number of rotatable bonds is 6. The molecule has 2 aromatic carbocycles. The fourth-order valence-corrected chi connectivity index (χ4v) is 1.88. The molecule has 0 radical (unpaired) electrons. The van der Waals surface area contributed by atoms with E-state index in [4.69, 9.17) is 4.74 Å². The lowest BCUT2D eigenvalue weighted by atomic mass is 10.1. The molecule has 0 spiro atoms. The topological polar surface area (TPSA) is 21.3 Å². The maximum atomic E-state index is 13.5. The van der Waals surface area contributed by atoms with E-state index >= 15 is 0 Å². The first-order valence-electron chi connectivity index (χ1n) is 6.56. The summed E-state index contributed by atoms with van der Waals surface area (Å²) in [6.07, 6.45) is 0. The summed E-state index contributed by atoms with van der Waals surface area (Å²) < 4.78 is 31.7. The second kappa shape index (κ2) is 7.01. The molecule has 0 saturated carbocycles. The average molecular weight is 277 g/mol. The molecule has 0 aliphatic rings. The molecule has 2 nitrogen and oxygen atoms in total. The molecule has 0 heterocycles.